The lowest BCUT2D eigenvalue weighted by molar-refractivity contribution is 0.627. The van der Waals surface area contributed by atoms with Crippen molar-refractivity contribution in [3.63, 3.8) is 0 Å². The molecule has 0 amide bonds. The molecule has 0 heterocycles. The number of anilines is 1. The average Bonchev–Trinajstić information content (AvgIpc) is 2.45. The first-order valence-corrected chi connectivity index (χ1v) is 7.80. The van der Waals surface area contributed by atoms with Crippen LogP contribution in [-0.2, 0) is 6.42 Å². The molecule has 0 fully saturated rings. The second-order valence-electron chi connectivity index (χ2n) is 5.20. The van der Waals surface area contributed by atoms with Crippen LogP contribution in [0.2, 0.25) is 5.02 Å². The van der Waals surface area contributed by atoms with Gasteiger partial charge in [0.2, 0.25) is 0 Å². The van der Waals surface area contributed by atoms with Gasteiger partial charge in [0, 0.05) is 6.54 Å². The predicted molar refractivity (Wildman–Crippen MR) is 95.3 cm³/mol. The molecule has 2 N–H and O–H groups in total. The van der Waals surface area contributed by atoms with E-state index < -0.39 is 0 Å². The molecule has 2 aromatic rings. The molecule has 0 radical (unpaired) electrons. The standard InChI is InChI=1S/C17H18ClFN2S/c1-11-9-12(2)16(15(18)10-11)21-17(22)20-8-7-13-3-5-14(19)6-4-13/h3-6,9-10H,7-8H2,1-2H3,(H2,20,21,22). The summed E-state index contributed by atoms with van der Waals surface area (Å²) in [6.45, 7) is 4.66. The highest BCUT2D eigenvalue weighted by atomic mass is 35.5. The quantitative estimate of drug-likeness (QED) is 0.796. The molecule has 0 spiro atoms. The van der Waals surface area contributed by atoms with E-state index in [1.54, 1.807) is 12.1 Å². The molecular weight excluding hydrogens is 319 g/mol. The van der Waals surface area contributed by atoms with Gasteiger partial charge in [0.15, 0.2) is 5.11 Å². The Bertz CT molecular complexity index is 648. The third kappa shape index (κ3) is 4.68. The second kappa shape index (κ2) is 7.56. The van der Waals surface area contributed by atoms with Gasteiger partial charge in [-0.15, -0.1) is 0 Å². The van der Waals surface area contributed by atoms with Gasteiger partial charge in [-0.05, 0) is 67.4 Å². The molecule has 0 saturated heterocycles. The van der Waals surface area contributed by atoms with Gasteiger partial charge in [-0.1, -0.05) is 29.8 Å². The lowest BCUT2D eigenvalue weighted by atomic mass is 10.1. The Hall–Kier alpha value is -1.65. The molecular formula is C17H18ClFN2S. The van der Waals surface area contributed by atoms with Crippen molar-refractivity contribution in [3.05, 3.63) is 63.9 Å². The van der Waals surface area contributed by atoms with Crippen LogP contribution in [0.15, 0.2) is 36.4 Å². The Kier molecular flexibility index (Phi) is 5.75. The van der Waals surface area contributed by atoms with Crippen LogP contribution >= 0.6 is 23.8 Å². The van der Waals surface area contributed by atoms with Gasteiger partial charge in [-0.25, -0.2) is 4.39 Å². The molecule has 22 heavy (non-hydrogen) atoms. The highest BCUT2D eigenvalue weighted by Crippen LogP contribution is 2.27. The second-order valence-corrected chi connectivity index (χ2v) is 6.01. The van der Waals surface area contributed by atoms with Crippen molar-refractivity contribution in [3.8, 4) is 0 Å². The number of thiocarbonyl (C=S) groups is 1. The zero-order valence-electron chi connectivity index (χ0n) is 12.5. The maximum absolute atomic E-state index is 12.8. The molecule has 0 aliphatic rings. The third-order valence-electron chi connectivity index (χ3n) is 3.28. The first-order chi connectivity index (χ1) is 10.5. The summed E-state index contributed by atoms with van der Waals surface area (Å²) in [6.07, 6.45) is 0.767. The van der Waals surface area contributed by atoms with Gasteiger partial charge in [-0.3, -0.25) is 0 Å². The van der Waals surface area contributed by atoms with Crippen LogP contribution in [0.4, 0.5) is 10.1 Å². The molecule has 0 unspecified atom stereocenters. The zero-order chi connectivity index (χ0) is 16.1. The summed E-state index contributed by atoms with van der Waals surface area (Å²) in [6, 6.07) is 10.4. The zero-order valence-corrected chi connectivity index (χ0v) is 14.1. The summed E-state index contributed by atoms with van der Waals surface area (Å²) in [5.74, 6) is -0.224. The third-order valence-corrected chi connectivity index (χ3v) is 3.83. The molecule has 2 rings (SSSR count). The number of aryl methyl sites for hydroxylation is 2. The summed E-state index contributed by atoms with van der Waals surface area (Å²) in [5, 5.41) is 7.44. The Morgan fingerprint density at radius 1 is 1.18 bits per heavy atom. The van der Waals surface area contributed by atoms with Gasteiger partial charge in [0.1, 0.15) is 5.82 Å². The van der Waals surface area contributed by atoms with Crippen LogP contribution in [0.1, 0.15) is 16.7 Å². The topological polar surface area (TPSA) is 24.1 Å². The fraction of sp³-hybridized carbons (Fsp3) is 0.235. The number of benzene rings is 2. The molecule has 0 aliphatic heterocycles. The van der Waals surface area contributed by atoms with Crippen LogP contribution in [-0.4, -0.2) is 11.7 Å². The molecule has 0 bridgehead atoms. The van der Waals surface area contributed by atoms with Crippen molar-refractivity contribution in [2.24, 2.45) is 0 Å². The molecule has 5 heteroatoms. The van der Waals surface area contributed by atoms with E-state index >= 15 is 0 Å². The fourth-order valence-corrected chi connectivity index (χ4v) is 2.78. The summed E-state index contributed by atoms with van der Waals surface area (Å²) in [5.41, 5.74) is 4.05. The first-order valence-electron chi connectivity index (χ1n) is 7.02. The van der Waals surface area contributed by atoms with Crippen molar-refractivity contribution in [2.75, 3.05) is 11.9 Å². The normalized spacial score (nSPS) is 10.4. The van der Waals surface area contributed by atoms with Crippen molar-refractivity contribution < 1.29 is 4.39 Å². The van der Waals surface area contributed by atoms with Crippen LogP contribution in [0.25, 0.3) is 0 Å². The van der Waals surface area contributed by atoms with Gasteiger partial charge in [0.25, 0.3) is 0 Å². The largest absolute Gasteiger partial charge is 0.362 e. The van der Waals surface area contributed by atoms with Crippen molar-refractivity contribution in [2.45, 2.75) is 20.3 Å². The van der Waals surface area contributed by atoms with Crippen LogP contribution < -0.4 is 10.6 Å². The molecule has 0 saturated carbocycles. The van der Waals surface area contributed by atoms with E-state index in [0.717, 1.165) is 28.8 Å². The van der Waals surface area contributed by atoms with Crippen LogP contribution in [0.5, 0.6) is 0 Å². The number of hydrogen-bond acceptors (Lipinski definition) is 1. The van der Waals surface area contributed by atoms with E-state index in [-0.39, 0.29) is 5.82 Å². The van der Waals surface area contributed by atoms with E-state index in [9.17, 15) is 4.39 Å². The maximum atomic E-state index is 12.8. The minimum absolute atomic E-state index is 0.224. The van der Waals surface area contributed by atoms with Gasteiger partial charge >= 0.3 is 0 Å². The molecule has 2 aromatic carbocycles. The molecule has 2 nitrogen and oxygen atoms in total. The Labute approximate surface area is 140 Å². The molecule has 116 valence electrons. The van der Waals surface area contributed by atoms with E-state index in [2.05, 4.69) is 16.7 Å². The summed E-state index contributed by atoms with van der Waals surface area (Å²) in [7, 11) is 0. The number of nitrogens with one attached hydrogen (secondary N) is 2. The van der Waals surface area contributed by atoms with Crippen molar-refractivity contribution in [1.29, 1.82) is 0 Å². The predicted octanol–water partition coefficient (Wildman–Crippen LogP) is 4.63. The maximum Gasteiger partial charge on any atom is 0.170 e. The first kappa shape index (κ1) is 16.7. The number of halogens is 2. The summed E-state index contributed by atoms with van der Waals surface area (Å²) < 4.78 is 12.8. The summed E-state index contributed by atoms with van der Waals surface area (Å²) in [4.78, 5) is 0. The van der Waals surface area contributed by atoms with E-state index in [1.165, 1.54) is 12.1 Å². The number of rotatable bonds is 4. The highest BCUT2D eigenvalue weighted by molar-refractivity contribution is 7.80. The van der Waals surface area contributed by atoms with Crippen LogP contribution in [0, 0.1) is 19.7 Å². The highest BCUT2D eigenvalue weighted by Gasteiger charge is 2.07. The average molecular weight is 337 g/mol. The number of hydrogen-bond donors (Lipinski definition) is 2. The monoisotopic (exact) mass is 336 g/mol. The minimum Gasteiger partial charge on any atom is -0.362 e. The molecule has 0 aromatic heterocycles. The van der Waals surface area contributed by atoms with Gasteiger partial charge in [-0.2, -0.15) is 0 Å². The minimum atomic E-state index is -0.224. The molecule has 0 atom stereocenters. The van der Waals surface area contributed by atoms with Crippen LogP contribution in [0.3, 0.4) is 0 Å². The molecule has 0 aliphatic carbocycles. The van der Waals surface area contributed by atoms with E-state index in [0.29, 0.717) is 16.7 Å². The lowest BCUT2D eigenvalue weighted by Crippen LogP contribution is -2.30. The summed E-state index contributed by atoms with van der Waals surface area (Å²) >= 11 is 11.5. The van der Waals surface area contributed by atoms with Crippen molar-refractivity contribution >= 4 is 34.6 Å². The van der Waals surface area contributed by atoms with Crippen molar-refractivity contribution in [1.82, 2.24) is 5.32 Å². The van der Waals surface area contributed by atoms with Gasteiger partial charge < -0.3 is 10.6 Å². The van der Waals surface area contributed by atoms with E-state index in [1.807, 2.05) is 19.9 Å². The SMILES string of the molecule is Cc1cc(C)c(NC(=S)NCCc2ccc(F)cc2)c(Cl)c1. The van der Waals surface area contributed by atoms with E-state index in [4.69, 9.17) is 23.8 Å². The Balaban J connectivity index is 1.87. The Morgan fingerprint density at radius 2 is 1.86 bits per heavy atom. The Morgan fingerprint density at radius 3 is 2.50 bits per heavy atom. The smallest absolute Gasteiger partial charge is 0.170 e. The fourth-order valence-electron chi connectivity index (χ4n) is 2.20. The lowest BCUT2D eigenvalue weighted by Gasteiger charge is -2.14. The van der Waals surface area contributed by atoms with Gasteiger partial charge in [0.05, 0.1) is 10.7 Å².